The minimum atomic E-state index is -0.333. The maximum atomic E-state index is 12.9. The van der Waals surface area contributed by atoms with Gasteiger partial charge in [-0.1, -0.05) is 18.2 Å². The van der Waals surface area contributed by atoms with Gasteiger partial charge >= 0.3 is 0 Å². The molecule has 0 saturated carbocycles. The Balaban J connectivity index is 1.63. The first-order chi connectivity index (χ1) is 13.9. The normalized spacial score (nSPS) is 13.8. The summed E-state index contributed by atoms with van der Waals surface area (Å²) >= 11 is 0. The van der Waals surface area contributed by atoms with E-state index in [0.717, 1.165) is 22.0 Å². The van der Waals surface area contributed by atoms with E-state index in [0.29, 0.717) is 16.9 Å². The second-order valence-corrected chi connectivity index (χ2v) is 6.98. The van der Waals surface area contributed by atoms with Crippen LogP contribution in [0.25, 0.3) is 5.69 Å². The zero-order valence-corrected chi connectivity index (χ0v) is 16.2. The number of hydrogen-bond acceptors (Lipinski definition) is 4. The van der Waals surface area contributed by atoms with Gasteiger partial charge < -0.3 is 5.32 Å². The number of anilines is 2. The smallest absolute Gasteiger partial charge is 0.255 e. The number of carbonyl (C=O) groups excluding carboxylic acids is 3. The molecule has 1 saturated heterocycles. The number of para-hydroxylation sites is 2. The average molecular weight is 388 g/mol. The molecule has 0 bridgehead atoms. The first-order valence-electron chi connectivity index (χ1n) is 9.34. The van der Waals surface area contributed by atoms with Crippen molar-refractivity contribution in [2.75, 3.05) is 10.2 Å². The van der Waals surface area contributed by atoms with Crippen molar-refractivity contribution >= 4 is 29.1 Å². The Morgan fingerprint density at radius 2 is 1.69 bits per heavy atom. The number of amides is 3. The molecule has 1 N–H and O–H groups in total. The van der Waals surface area contributed by atoms with E-state index >= 15 is 0 Å². The van der Waals surface area contributed by atoms with Crippen molar-refractivity contribution in [1.82, 2.24) is 9.78 Å². The van der Waals surface area contributed by atoms with Gasteiger partial charge in [0.1, 0.15) is 0 Å². The molecule has 0 atom stereocenters. The molecule has 0 radical (unpaired) electrons. The molecule has 4 rings (SSSR count). The van der Waals surface area contributed by atoms with Gasteiger partial charge in [-0.15, -0.1) is 0 Å². The van der Waals surface area contributed by atoms with Crippen LogP contribution in [0.1, 0.15) is 34.6 Å². The quantitative estimate of drug-likeness (QED) is 0.695. The number of nitrogens with zero attached hydrogens (tertiary/aromatic N) is 3. The molecule has 2 heterocycles. The predicted octanol–water partition coefficient (Wildman–Crippen LogP) is 3.39. The van der Waals surface area contributed by atoms with Gasteiger partial charge in [-0.3, -0.25) is 19.3 Å². The molecule has 1 aromatic heterocycles. The maximum Gasteiger partial charge on any atom is 0.255 e. The van der Waals surface area contributed by atoms with Gasteiger partial charge in [-0.05, 0) is 50.2 Å². The fraction of sp³-hybridized carbons (Fsp3) is 0.182. The van der Waals surface area contributed by atoms with E-state index in [9.17, 15) is 14.4 Å². The summed E-state index contributed by atoms with van der Waals surface area (Å²) in [4.78, 5) is 38.0. The van der Waals surface area contributed by atoms with Crippen LogP contribution in [0.2, 0.25) is 0 Å². The highest BCUT2D eigenvalue weighted by Gasteiger charge is 2.30. The van der Waals surface area contributed by atoms with Crippen LogP contribution in [0.4, 0.5) is 11.4 Å². The van der Waals surface area contributed by atoms with E-state index < -0.39 is 0 Å². The van der Waals surface area contributed by atoms with Gasteiger partial charge in [0.25, 0.3) is 5.91 Å². The number of nitrogens with one attached hydrogen (secondary N) is 1. The second-order valence-electron chi connectivity index (χ2n) is 6.98. The Morgan fingerprint density at radius 1 is 0.966 bits per heavy atom. The topological polar surface area (TPSA) is 84.3 Å². The van der Waals surface area contributed by atoms with Crippen molar-refractivity contribution in [3.05, 3.63) is 71.5 Å². The molecule has 29 heavy (non-hydrogen) atoms. The fourth-order valence-corrected chi connectivity index (χ4v) is 3.48. The average Bonchev–Trinajstić information content (AvgIpc) is 3.22. The van der Waals surface area contributed by atoms with Crippen LogP contribution in [0.15, 0.2) is 54.6 Å². The Labute approximate surface area is 167 Å². The van der Waals surface area contributed by atoms with Crippen molar-refractivity contribution in [3.63, 3.8) is 0 Å². The lowest BCUT2D eigenvalue weighted by atomic mass is 10.1. The van der Waals surface area contributed by atoms with Crippen molar-refractivity contribution in [2.24, 2.45) is 0 Å². The Hall–Kier alpha value is -3.74. The fourth-order valence-electron chi connectivity index (χ4n) is 3.48. The first kappa shape index (κ1) is 18.6. The number of imide groups is 1. The van der Waals surface area contributed by atoms with Crippen molar-refractivity contribution in [1.29, 1.82) is 0 Å². The van der Waals surface area contributed by atoms with Crippen LogP contribution in [0, 0.1) is 13.8 Å². The number of aromatic nitrogens is 2. The third-order valence-corrected chi connectivity index (χ3v) is 4.81. The molecule has 0 aliphatic carbocycles. The number of benzene rings is 2. The molecule has 3 aromatic rings. The molecule has 1 aliphatic rings. The molecule has 7 heteroatoms. The molecular formula is C22H20N4O3. The summed E-state index contributed by atoms with van der Waals surface area (Å²) in [7, 11) is 0. The third kappa shape index (κ3) is 3.54. The SMILES string of the molecule is Cc1cc(C)n(-c2ccccc2NC(=O)c2cccc(N3C(=O)CCC3=O)c2)n1. The largest absolute Gasteiger partial charge is 0.320 e. The zero-order chi connectivity index (χ0) is 20.5. The van der Waals surface area contributed by atoms with Crippen LogP contribution >= 0.6 is 0 Å². The molecule has 2 aromatic carbocycles. The highest BCUT2D eigenvalue weighted by atomic mass is 16.2. The van der Waals surface area contributed by atoms with E-state index in [1.165, 1.54) is 0 Å². The molecule has 1 aliphatic heterocycles. The summed E-state index contributed by atoms with van der Waals surface area (Å²) in [6, 6.07) is 15.9. The van der Waals surface area contributed by atoms with E-state index in [1.54, 1.807) is 35.0 Å². The van der Waals surface area contributed by atoms with Gasteiger partial charge in [0.15, 0.2) is 0 Å². The van der Waals surface area contributed by atoms with Gasteiger partial charge in [0.2, 0.25) is 11.8 Å². The van der Waals surface area contributed by atoms with E-state index in [4.69, 9.17) is 0 Å². The number of rotatable bonds is 4. The van der Waals surface area contributed by atoms with Crippen LogP contribution in [-0.2, 0) is 9.59 Å². The van der Waals surface area contributed by atoms with Gasteiger partial charge in [-0.2, -0.15) is 5.10 Å². The van der Waals surface area contributed by atoms with Crippen molar-refractivity contribution in [3.8, 4) is 5.69 Å². The summed E-state index contributed by atoms with van der Waals surface area (Å²) in [5.74, 6) is -0.829. The Bertz CT molecular complexity index is 1120. The predicted molar refractivity (Wildman–Crippen MR) is 109 cm³/mol. The second kappa shape index (κ2) is 7.35. The molecule has 0 spiro atoms. The highest BCUT2D eigenvalue weighted by molar-refractivity contribution is 6.20. The van der Waals surface area contributed by atoms with Crippen molar-refractivity contribution in [2.45, 2.75) is 26.7 Å². The summed E-state index contributed by atoms with van der Waals surface area (Å²) in [5, 5.41) is 7.40. The Kier molecular flexibility index (Phi) is 4.72. The lowest BCUT2D eigenvalue weighted by Gasteiger charge is -2.16. The molecule has 146 valence electrons. The number of hydrogen-bond donors (Lipinski definition) is 1. The monoisotopic (exact) mass is 388 g/mol. The van der Waals surface area contributed by atoms with E-state index in [-0.39, 0.29) is 30.6 Å². The standard InChI is InChI=1S/C22H20N4O3/c1-14-12-15(2)26(24-14)19-9-4-3-8-18(19)23-22(29)16-6-5-7-17(13-16)25-20(27)10-11-21(25)28/h3-9,12-13H,10-11H2,1-2H3,(H,23,29). The van der Waals surface area contributed by atoms with Gasteiger partial charge in [-0.25, -0.2) is 4.68 Å². The zero-order valence-electron chi connectivity index (χ0n) is 16.2. The van der Waals surface area contributed by atoms with Crippen molar-refractivity contribution < 1.29 is 14.4 Å². The third-order valence-electron chi connectivity index (χ3n) is 4.81. The van der Waals surface area contributed by atoms with Crippen LogP contribution in [-0.4, -0.2) is 27.5 Å². The van der Waals surface area contributed by atoms with Gasteiger partial charge in [0, 0.05) is 24.1 Å². The molecule has 3 amide bonds. The van der Waals surface area contributed by atoms with E-state index in [1.807, 2.05) is 38.1 Å². The number of aryl methyl sites for hydroxylation is 2. The Morgan fingerprint density at radius 3 is 2.38 bits per heavy atom. The van der Waals surface area contributed by atoms with Crippen LogP contribution in [0.3, 0.4) is 0 Å². The summed E-state index contributed by atoms with van der Waals surface area (Å²) in [5.41, 5.74) is 3.98. The lowest BCUT2D eigenvalue weighted by Crippen LogP contribution is -2.28. The molecular weight excluding hydrogens is 368 g/mol. The van der Waals surface area contributed by atoms with Gasteiger partial charge in [0.05, 0.1) is 22.8 Å². The summed E-state index contributed by atoms with van der Waals surface area (Å²) < 4.78 is 1.78. The minimum absolute atomic E-state index is 0.200. The molecule has 7 nitrogen and oxygen atoms in total. The minimum Gasteiger partial charge on any atom is -0.320 e. The lowest BCUT2D eigenvalue weighted by molar-refractivity contribution is -0.121. The molecule has 0 unspecified atom stereocenters. The maximum absolute atomic E-state index is 12.9. The van der Waals surface area contributed by atoms with Crippen LogP contribution < -0.4 is 10.2 Å². The number of carbonyl (C=O) groups is 3. The summed E-state index contributed by atoms with van der Waals surface area (Å²) in [6.07, 6.45) is 0.399. The highest BCUT2D eigenvalue weighted by Crippen LogP contribution is 2.25. The molecule has 1 fully saturated rings. The first-order valence-corrected chi connectivity index (χ1v) is 9.34. The summed E-state index contributed by atoms with van der Waals surface area (Å²) in [6.45, 7) is 3.86. The van der Waals surface area contributed by atoms with Crippen LogP contribution in [0.5, 0.6) is 0 Å². The van der Waals surface area contributed by atoms with E-state index in [2.05, 4.69) is 10.4 Å².